The number of ether oxygens (including phenoxy) is 1. The van der Waals surface area contributed by atoms with E-state index in [1.54, 1.807) is 18.3 Å². The summed E-state index contributed by atoms with van der Waals surface area (Å²) in [6.07, 6.45) is 4.63. The lowest BCUT2D eigenvalue weighted by atomic mass is 10.2. The second-order valence-corrected chi connectivity index (χ2v) is 4.94. The van der Waals surface area contributed by atoms with E-state index in [1.165, 1.54) is 5.56 Å². The molecule has 0 bridgehead atoms. The standard InChI is InChI=1S/C17H19N3O/c1-20(14-16-4-2-9-19-13-16)10-3-11-21-17-7-5-15(12-18)6-8-17/h2,4-9,13H,3,10-11,14H2,1H3. The summed E-state index contributed by atoms with van der Waals surface area (Å²) in [7, 11) is 2.09. The van der Waals surface area contributed by atoms with Crippen LogP contribution >= 0.6 is 0 Å². The summed E-state index contributed by atoms with van der Waals surface area (Å²) in [6.45, 7) is 2.53. The van der Waals surface area contributed by atoms with E-state index in [0.717, 1.165) is 25.3 Å². The zero-order chi connectivity index (χ0) is 14.9. The summed E-state index contributed by atoms with van der Waals surface area (Å²) in [5, 5.41) is 8.72. The molecule has 21 heavy (non-hydrogen) atoms. The number of hydrogen-bond acceptors (Lipinski definition) is 4. The van der Waals surface area contributed by atoms with Crippen LogP contribution < -0.4 is 4.74 Å². The minimum atomic E-state index is 0.651. The lowest BCUT2D eigenvalue weighted by Crippen LogP contribution is -2.20. The van der Waals surface area contributed by atoms with Gasteiger partial charge < -0.3 is 9.64 Å². The molecule has 0 unspecified atom stereocenters. The Balaban J connectivity index is 1.66. The van der Waals surface area contributed by atoms with E-state index in [2.05, 4.69) is 29.1 Å². The van der Waals surface area contributed by atoms with Crippen molar-refractivity contribution < 1.29 is 4.74 Å². The summed E-state index contributed by atoms with van der Waals surface area (Å²) in [4.78, 5) is 6.36. The quantitative estimate of drug-likeness (QED) is 0.732. The highest BCUT2D eigenvalue weighted by atomic mass is 16.5. The summed E-state index contributed by atoms with van der Waals surface area (Å²) >= 11 is 0. The first-order valence-electron chi connectivity index (χ1n) is 6.98. The highest BCUT2D eigenvalue weighted by Gasteiger charge is 2.01. The molecule has 0 aliphatic heterocycles. The summed E-state index contributed by atoms with van der Waals surface area (Å²) < 4.78 is 5.66. The predicted octanol–water partition coefficient (Wildman–Crippen LogP) is 2.85. The van der Waals surface area contributed by atoms with E-state index in [9.17, 15) is 0 Å². The summed E-state index contributed by atoms with van der Waals surface area (Å²) in [5.41, 5.74) is 1.87. The minimum absolute atomic E-state index is 0.651. The number of nitriles is 1. The fourth-order valence-electron chi connectivity index (χ4n) is 2.03. The monoisotopic (exact) mass is 281 g/mol. The normalized spacial score (nSPS) is 10.3. The molecule has 2 aromatic rings. The van der Waals surface area contributed by atoms with E-state index in [-0.39, 0.29) is 0 Å². The highest BCUT2D eigenvalue weighted by molar-refractivity contribution is 5.34. The molecular weight excluding hydrogens is 262 g/mol. The molecule has 1 aromatic heterocycles. The Morgan fingerprint density at radius 3 is 2.71 bits per heavy atom. The molecule has 0 spiro atoms. The van der Waals surface area contributed by atoms with E-state index >= 15 is 0 Å². The summed E-state index contributed by atoms with van der Waals surface area (Å²) in [6, 6.07) is 13.3. The van der Waals surface area contributed by atoms with E-state index in [1.807, 2.05) is 24.4 Å². The van der Waals surface area contributed by atoms with Crippen LogP contribution in [-0.2, 0) is 6.54 Å². The van der Waals surface area contributed by atoms with Crippen molar-refractivity contribution in [1.82, 2.24) is 9.88 Å². The Bertz CT molecular complexity index is 575. The number of pyridine rings is 1. The van der Waals surface area contributed by atoms with E-state index < -0.39 is 0 Å². The van der Waals surface area contributed by atoms with Crippen molar-refractivity contribution in [2.75, 3.05) is 20.2 Å². The Labute approximate surface area is 125 Å². The molecular formula is C17H19N3O. The van der Waals surface area contributed by atoms with Gasteiger partial charge in [0, 0.05) is 25.5 Å². The third kappa shape index (κ3) is 5.25. The molecule has 108 valence electrons. The molecule has 4 heteroatoms. The number of rotatable bonds is 7. The van der Waals surface area contributed by atoms with Gasteiger partial charge in [0.05, 0.1) is 18.2 Å². The summed E-state index contributed by atoms with van der Waals surface area (Å²) in [5.74, 6) is 0.809. The molecule has 0 saturated carbocycles. The molecule has 0 radical (unpaired) electrons. The van der Waals surface area contributed by atoms with Gasteiger partial charge in [0.25, 0.3) is 0 Å². The molecule has 4 nitrogen and oxygen atoms in total. The Morgan fingerprint density at radius 1 is 1.24 bits per heavy atom. The van der Waals surface area contributed by atoms with Crippen molar-refractivity contribution in [3.8, 4) is 11.8 Å². The maximum absolute atomic E-state index is 8.72. The molecule has 1 heterocycles. The average molecular weight is 281 g/mol. The molecule has 0 fully saturated rings. The van der Waals surface area contributed by atoms with Gasteiger partial charge in [0.2, 0.25) is 0 Å². The second-order valence-electron chi connectivity index (χ2n) is 4.94. The van der Waals surface area contributed by atoms with Crippen LogP contribution in [0.5, 0.6) is 5.75 Å². The molecule has 1 aromatic carbocycles. The van der Waals surface area contributed by atoms with Gasteiger partial charge >= 0.3 is 0 Å². The third-order valence-corrected chi connectivity index (χ3v) is 3.11. The van der Waals surface area contributed by atoms with Crippen LogP contribution in [0.1, 0.15) is 17.5 Å². The molecule has 2 rings (SSSR count). The van der Waals surface area contributed by atoms with Crippen LogP contribution in [-0.4, -0.2) is 30.1 Å². The minimum Gasteiger partial charge on any atom is -0.494 e. The molecule has 0 atom stereocenters. The average Bonchev–Trinajstić information content (AvgIpc) is 2.53. The SMILES string of the molecule is CN(CCCOc1ccc(C#N)cc1)Cc1cccnc1. The first-order chi connectivity index (χ1) is 10.3. The van der Waals surface area contributed by atoms with Gasteiger partial charge in [-0.25, -0.2) is 0 Å². The van der Waals surface area contributed by atoms with Gasteiger partial charge in [-0.1, -0.05) is 6.07 Å². The Morgan fingerprint density at radius 2 is 2.05 bits per heavy atom. The van der Waals surface area contributed by atoms with Crippen LogP contribution in [0.15, 0.2) is 48.8 Å². The van der Waals surface area contributed by atoms with Crippen molar-refractivity contribution >= 4 is 0 Å². The Kier molecular flexibility index (Phi) is 5.74. The smallest absolute Gasteiger partial charge is 0.119 e. The van der Waals surface area contributed by atoms with E-state index in [4.69, 9.17) is 10.00 Å². The van der Waals surface area contributed by atoms with Crippen LogP contribution in [0.2, 0.25) is 0 Å². The number of hydrogen-bond donors (Lipinski definition) is 0. The topological polar surface area (TPSA) is 49.1 Å². The first kappa shape index (κ1) is 15.0. The second kappa shape index (κ2) is 8.03. The van der Waals surface area contributed by atoms with Gasteiger partial charge in [-0.05, 0) is 49.4 Å². The number of benzene rings is 1. The maximum atomic E-state index is 8.72. The van der Waals surface area contributed by atoms with Crippen LogP contribution in [0.25, 0.3) is 0 Å². The zero-order valence-electron chi connectivity index (χ0n) is 12.2. The molecule has 0 amide bonds. The number of aromatic nitrogens is 1. The van der Waals surface area contributed by atoms with Gasteiger partial charge in [-0.3, -0.25) is 4.98 Å². The van der Waals surface area contributed by atoms with Crippen LogP contribution in [0.3, 0.4) is 0 Å². The van der Waals surface area contributed by atoms with Gasteiger partial charge in [-0.15, -0.1) is 0 Å². The molecule has 0 N–H and O–H groups in total. The lowest BCUT2D eigenvalue weighted by molar-refractivity contribution is 0.258. The van der Waals surface area contributed by atoms with Crippen molar-refractivity contribution in [3.05, 3.63) is 59.9 Å². The van der Waals surface area contributed by atoms with Gasteiger partial charge in [0.1, 0.15) is 5.75 Å². The third-order valence-electron chi connectivity index (χ3n) is 3.11. The van der Waals surface area contributed by atoms with Crippen LogP contribution in [0.4, 0.5) is 0 Å². The molecule has 0 aliphatic carbocycles. The van der Waals surface area contributed by atoms with Crippen molar-refractivity contribution in [2.45, 2.75) is 13.0 Å². The van der Waals surface area contributed by atoms with Crippen molar-refractivity contribution in [1.29, 1.82) is 5.26 Å². The molecule has 0 saturated heterocycles. The zero-order valence-corrected chi connectivity index (χ0v) is 12.2. The fourth-order valence-corrected chi connectivity index (χ4v) is 2.03. The van der Waals surface area contributed by atoms with E-state index in [0.29, 0.717) is 12.2 Å². The van der Waals surface area contributed by atoms with Gasteiger partial charge in [-0.2, -0.15) is 5.26 Å². The van der Waals surface area contributed by atoms with Crippen molar-refractivity contribution in [3.63, 3.8) is 0 Å². The largest absolute Gasteiger partial charge is 0.494 e. The predicted molar refractivity (Wildman–Crippen MR) is 81.8 cm³/mol. The fraction of sp³-hybridized carbons (Fsp3) is 0.294. The first-order valence-corrected chi connectivity index (χ1v) is 6.98. The lowest BCUT2D eigenvalue weighted by Gasteiger charge is -2.16. The Hall–Kier alpha value is -2.38. The molecule has 0 aliphatic rings. The van der Waals surface area contributed by atoms with Crippen LogP contribution in [0, 0.1) is 11.3 Å². The van der Waals surface area contributed by atoms with Gasteiger partial charge in [0.15, 0.2) is 0 Å². The van der Waals surface area contributed by atoms with Crippen molar-refractivity contribution in [2.24, 2.45) is 0 Å². The number of nitrogens with zero attached hydrogens (tertiary/aromatic N) is 3. The highest BCUT2D eigenvalue weighted by Crippen LogP contribution is 2.11. The maximum Gasteiger partial charge on any atom is 0.119 e.